The van der Waals surface area contributed by atoms with E-state index in [1.807, 2.05) is 19.2 Å². The minimum absolute atomic E-state index is 0.0218. The van der Waals surface area contributed by atoms with Crippen molar-refractivity contribution in [2.45, 2.75) is 25.8 Å². The maximum atomic E-state index is 9.77. The molecule has 1 rings (SSSR count). The average molecular weight is 209 g/mol. The standard InChI is InChI=1S/C12H19NO2/c1-12(2,13-3)8-9-5-6-10(15-4)7-11(9)14/h5-7,13-14H,8H2,1-4H3. The molecule has 0 spiro atoms. The van der Waals surface area contributed by atoms with Crippen LogP contribution in [0.2, 0.25) is 0 Å². The third kappa shape index (κ3) is 3.13. The van der Waals surface area contributed by atoms with Gasteiger partial charge < -0.3 is 15.2 Å². The Bertz CT molecular complexity index is 334. The van der Waals surface area contributed by atoms with E-state index in [-0.39, 0.29) is 11.3 Å². The molecule has 0 fully saturated rings. The second kappa shape index (κ2) is 4.53. The molecule has 0 heterocycles. The Labute approximate surface area is 91.1 Å². The number of aromatic hydroxyl groups is 1. The number of rotatable bonds is 4. The minimum Gasteiger partial charge on any atom is -0.508 e. The lowest BCUT2D eigenvalue weighted by Crippen LogP contribution is -2.38. The molecule has 1 aromatic carbocycles. The fourth-order valence-electron chi connectivity index (χ4n) is 1.38. The van der Waals surface area contributed by atoms with Gasteiger partial charge in [0.2, 0.25) is 0 Å². The van der Waals surface area contributed by atoms with Crippen molar-refractivity contribution in [1.82, 2.24) is 5.32 Å². The van der Waals surface area contributed by atoms with Crippen molar-refractivity contribution < 1.29 is 9.84 Å². The first kappa shape index (κ1) is 11.9. The van der Waals surface area contributed by atoms with Gasteiger partial charge in [-0.3, -0.25) is 0 Å². The van der Waals surface area contributed by atoms with Gasteiger partial charge in [0.15, 0.2) is 0 Å². The van der Waals surface area contributed by atoms with Gasteiger partial charge in [0, 0.05) is 11.6 Å². The molecule has 0 aliphatic heterocycles. The molecule has 0 saturated carbocycles. The molecule has 0 bridgehead atoms. The van der Waals surface area contributed by atoms with E-state index < -0.39 is 0 Å². The largest absolute Gasteiger partial charge is 0.508 e. The Hall–Kier alpha value is -1.22. The maximum absolute atomic E-state index is 9.77. The summed E-state index contributed by atoms with van der Waals surface area (Å²) in [6.07, 6.45) is 0.777. The fraction of sp³-hybridized carbons (Fsp3) is 0.500. The molecule has 0 saturated heterocycles. The van der Waals surface area contributed by atoms with E-state index in [0.29, 0.717) is 5.75 Å². The Morgan fingerprint density at radius 3 is 2.53 bits per heavy atom. The number of phenolic OH excluding ortho intramolecular Hbond substituents is 1. The molecule has 0 aromatic heterocycles. The van der Waals surface area contributed by atoms with Crippen molar-refractivity contribution in [3.05, 3.63) is 23.8 Å². The Morgan fingerprint density at radius 2 is 2.07 bits per heavy atom. The summed E-state index contributed by atoms with van der Waals surface area (Å²) in [6, 6.07) is 5.40. The molecular weight excluding hydrogens is 190 g/mol. The van der Waals surface area contributed by atoms with Crippen LogP contribution in [0.25, 0.3) is 0 Å². The molecule has 84 valence electrons. The van der Waals surface area contributed by atoms with E-state index in [1.54, 1.807) is 13.2 Å². The monoisotopic (exact) mass is 209 g/mol. The number of hydrogen-bond acceptors (Lipinski definition) is 3. The molecule has 0 atom stereocenters. The zero-order chi connectivity index (χ0) is 11.5. The van der Waals surface area contributed by atoms with E-state index in [0.717, 1.165) is 12.0 Å². The predicted octanol–water partition coefficient (Wildman–Crippen LogP) is 1.94. The summed E-state index contributed by atoms with van der Waals surface area (Å²) in [7, 11) is 3.51. The van der Waals surface area contributed by atoms with Crippen LogP contribution in [0.4, 0.5) is 0 Å². The Balaban J connectivity index is 2.87. The van der Waals surface area contributed by atoms with Crippen molar-refractivity contribution >= 4 is 0 Å². The smallest absolute Gasteiger partial charge is 0.122 e. The lowest BCUT2D eigenvalue weighted by Gasteiger charge is -2.24. The highest BCUT2D eigenvalue weighted by atomic mass is 16.5. The first-order chi connectivity index (χ1) is 6.98. The third-order valence-electron chi connectivity index (χ3n) is 2.60. The van der Waals surface area contributed by atoms with Crippen LogP contribution in [0.5, 0.6) is 11.5 Å². The number of ether oxygens (including phenoxy) is 1. The van der Waals surface area contributed by atoms with Gasteiger partial charge in [0.25, 0.3) is 0 Å². The van der Waals surface area contributed by atoms with Gasteiger partial charge in [-0.1, -0.05) is 6.07 Å². The van der Waals surface area contributed by atoms with Crippen LogP contribution in [0, 0.1) is 0 Å². The lowest BCUT2D eigenvalue weighted by atomic mass is 9.94. The average Bonchev–Trinajstić information content (AvgIpc) is 2.21. The number of benzene rings is 1. The lowest BCUT2D eigenvalue weighted by molar-refractivity contribution is 0.394. The Kier molecular flexibility index (Phi) is 3.58. The summed E-state index contributed by atoms with van der Waals surface area (Å²) in [6.45, 7) is 4.19. The zero-order valence-corrected chi connectivity index (χ0v) is 9.79. The first-order valence-electron chi connectivity index (χ1n) is 5.03. The van der Waals surface area contributed by atoms with E-state index >= 15 is 0 Å². The van der Waals surface area contributed by atoms with Gasteiger partial charge in [-0.2, -0.15) is 0 Å². The van der Waals surface area contributed by atoms with E-state index in [2.05, 4.69) is 19.2 Å². The third-order valence-corrected chi connectivity index (χ3v) is 2.60. The van der Waals surface area contributed by atoms with Crippen LogP contribution in [0.15, 0.2) is 18.2 Å². The topological polar surface area (TPSA) is 41.5 Å². The van der Waals surface area contributed by atoms with Gasteiger partial charge in [0.05, 0.1) is 7.11 Å². The molecule has 3 heteroatoms. The molecule has 0 radical (unpaired) electrons. The van der Waals surface area contributed by atoms with Crippen molar-refractivity contribution in [3.63, 3.8) is 0 Å². The number of methoxy groups -OCH3 is 1. The van der Waals surface area contributed by atoms with Gasteiger partial charge >= 0.3 is 0 Å². The van der Waals surface area contributed by atoms with E-state index in [1.165, 1.54) is 0 Å². The highest BCUT2D eigenvalue weighted by molar-refractivity contribution is 5.40. The summed E-state index contributed by atoms with van der Waals surface area (Å²) in [4.78, 5) is 0. The highest BCUT2D eigenvalue weighted by Crippen LogP contribution is 2.26. The SMILES string of the molecule is CNC(C)(C)Cc1ccc(OC)cc1O. The van der Waals surface area contributed by atoms with Crippen molar-refractivity contribution in [3.8, 4) is 11.5 Å². The fourth-order valence-corrected chi connectivity index (χ4v) is 1.38. The second-order valence-corrected chi connectivity index (χ2v) is 4.31. The van der Waals surface area contributed by atoms with Crippen LogP contribution in [0.3, 0.4) is 0 Å². The quantitative estimate of drug-likeness (QED) is 0.796. The number of nitrogens with one attached hydrogen (secondary N) is 1. The zero-order valence-electron chi connectivity index (χ0n) is 9.79. The van der Waals surface area contributed by atoms with Gasteiger partial charge in [-0.15, -0.1) is 0 Å². The molecule has 0 aliphatic rings. The molecule has 2 N–H and O–H groups in total. The summed E-state index contributed by atoms with van der Waals surface area (Å²) in [5.41, 5.74) is 0.904. The normalized spacial score (nSPS) is 11.5. The highest BCUT2D eigenvalue weighted by Gasteiger charge is 2.17. The van der Waals surface area contributed by atoms with Crippen LogP contribution >= 0.6 is 0 Å². The van der Waals surface area contributed by atoms with Crippen LogP contribution < -0.4 is 10.1 Å². The van der Waals surface area contributed by atoms with Crippen molar-refractivity contribution in [1.29, 1.82) is 0 Å². The van der Waals surface area contributed by atoms with E-state index in [4.69, 9.17) is 4.74 Å². The van der Waals surface area contributed by atoms with E-state index in [9.17, 15) is 5.11 Å². The summed E-state index contributed by atoms with van der Waals surface area (Å²) in [5, 5.41) is 13.0. The van der Waals surface area contributed by atoms with Gasteiger partial charge in [-0.05, 0) is 38.9 Å². The van der Waals surface area contributed by atoms with Crippen LogP contribution in [0.1, 0.15) is 19.4 Å². The summed E-state index contributed by atoms with van der Waals surface area (Å²) >= 11 is 0. The number of phenols is 1. The summed E-state index contributed by atoms with van der Waals surface area (Å²) in [5.74, 6) is 0.969. The molecule has 3 nitrogen and oxygen atoms in total. The second-order valence-electron chi connectivity index (χ2n) is 4.31. The molecule has 15 heavy (non-hydrogen) atoms. The molecular formula is C12H19NO2. The Morgan fingerprint density at radius 1 is 1.40 bits per heavy atom. The molecule has 0 aliphatic carbocycles. The van der Waals surface area contributed by atoms with Crippen LogP contribution in [-0.4, -0.2) is 24.8 Å². The minimum atomic E-state index is -0.0218. The predicted molar refractivity (Wildman–Crippen MR) is 61.5 cm³/mol. The molecule has 0 amide bonds. The van der Waals surface area contributed by atoms with Crippen molar-refractivity contribution in [2.24, 2.45) is 0 Å². The molecule has 0 unspecified atom stereocenters. The first-order valence-corrected chi connectivity index (χ1v) is 5.03. The van der Waals surface area contributed by atoms with Gasteiger partial charge in [-0.25, -0.2) is 0 Å². The van der Waals surface area contributed by atoms with Crippen LogP contribution in [-0.2, 0) is 6.42 Å². The van der Waals surface area contributed by atoms with Crippen molar-refractivity contribution in [2.75, 3.05) is 14.2 Å². The number of hydrogen-bond donors (Lipinski definition) is 2. The summed E-state index contributed by atoms with van der Waals surface area (Å²) < 4.78 is 5.03. The maximum Gasteiger partial charge on any atom is 0.122 e. The molecule has 1 aromatic rings. The number of likely N-dealkylation sites (N-methyl/N-ethyl adjacent to an activating group) is 1. The van der Waals surface area contributed by atoms with Gasteiger partial charge in [0.1, 0.15) is 11.5 Å².